The van der Waals surface area contributed by atoms with Gasteiger partial charge in [-0.1, -0.05) is 41.9 Å². The van der Waals surface area contributed by atoms with Gasteiger partial charge in [-0.15, -0.1) is 0 Å². The monoisotopic (exact) mass is 221 g/mol. The normalized spacial score (nSPS) is 10.6. The lowest BCUT2D eigenvalue weighted by atomic mass is 10.1. The second-order valence-corrected chi connectivity index (χ2v) is 3.82. The standard InChI is InChI=1S/C12H12ClNO/c1-3-11-8(2)12(14-15-11)9-6-4-5-7-10(9)13/h4-7H,3H2,1-2H3. The summed E-state index contributed by atoms with van der Waals surface area (Å²) in [7, 11) is 0. The molecule has 0 amide bonds. The SMILES string of the molecule is CCc1onc(-c2ccccc2Cl)c1C. The fourth-order valence-corrected chi connectivity index (χ4v) is 1.83. The first-order chi connectivity index (χ1) is 7.24. The van der Waals surface area contributed by atoms with Crippen molar-refractivity contribution in [2.24, 2.45) is 0 Å². The Morgan fingerprint density at radius 2 is 2.07 bits per heavy atom. The summed E-state index contributed by atoms with van der Waals surface area (Å²) in [6.45, 7) is 4.05. The third-order valence-electron chi connectivity index (χ3n) is 2.47. The molecule has 0 saturated carbocycles. The van der Waals surface area contributed by atoms with Crippen LogP contribution in [0.2, 0.25) is 5.02 Å². The zero-order chi connectivity index (χ0) is 10.8. The van der Waals surface area contributed by atoms with E-state index in [0.29, 0.717) is 5.02 Å². The molecule has 2 aromatic rings. The number of rotatable bonds is 2. The van der Waals surface area contributed by atoms with Crippen LogP contribution in [0.3, 0.4) is 0 Å². The summed E-state index contributed by atoms with van der Waals surface area (Å²) in [5.41, 5.74) is 2.85. The lowest BCUT2D eigenvalue weighted by Crippen LogP contribution is -1.83. The van der Waals surface area contributed by atoms with Crippen molar-refractivity contribution in [3.8, 4) is 11.3 Å². The zero-order valence-electron chi connectivity index (χ0n) is 8.75. The predicted octanol–water partition coefficient (Wildman–Crippen LogP) is 3.87. The van der Waals surface area contributed by atoms with E-state index in [-0.39, 0.29) is 0 Å². The fraction of sp³-hybridized carbons (Fsp3) is 0.250. The van der Waals surface area contributed by atoms with Gasteiger partial charge in [-0.25, -0.2) is 0 Å². The molecule has 2 rings (SSSR count). The van der Waals surface area contributed by atoms with E-state index in [2.05, 4.69) is 5.16 Å². The number of halogens is 1. The molecule has 0 atom stereocenters. The highest BCUT2D eigenvalue weighted by Gasteiger charge is 2.13. The highest BCUT2D eigenvalue weighted by molar-refractivity contribution is 6.33. The van der Waals surface area contributed by atoms with Gasteiger partial charge < -0.3 is 4.52 Å². The van der Waals surface area contributed by atoms with E-state index in [4.69, 9.17) is 16.1 Å². The molecule has 2 nitrogen and oxygen atoms in total. The summed E-state index contributed by atoms with van der Waals surface area (Å²) < 4.78 is 5.25. The van der Waals surface area contributed by atoms with Crippen LogP contribution in [0, 0.1) is 6.92 Å². The average molecular weight is 222 g/mol. The lowest BCUT2D eigenvalue weighted by molar-refractivity contribution is 0.388. The Morgan fingerprint density at radius 3 is 2.67 bits per heavy atom. The summed E-state index contributed by atoms with van der Waals surface area (Å²) in [4.78, 5) is 0. The Balaban J connectivity index is 2.55. The molecule has 1 heterocycles. The van der Waals surface area contributed by atoms with Gasteiger partial charge in [0.1, 0.15) is 11.5 Å². The van der Waals surface area contributed by atoms with Gasteiger partial charge in [0.2, 0.25) is 0 Å². The lowest BCUT2D eigenvalue weighted by Gasteiger charge is -2.00. The molecule has 3 heteroatoms. The molecular weight excluding hydrogens is 210 g/mol. The minimum Gasteiger partial charge on any atom is -0.361 e. The molecule has 15 heavy (non-hydrogen) atoms. The van der Waals surface area contributed by atoms with E-state index in [0.717, 1.165) is 29.0 Å². The number of hydrogen-bond acceptors (Lipinski definition) is 2. The van der Waals surface area contributed by atoms with Crippen molar-refractivity contribution in [1.29, 1.82) is 0 Å². The Bertz CT molecular complexity index is 476. The van der Waals surface area contributed by atoms with Crippen LogP contribution in [-0.4, -0.2) is 5.16 Å². The molecule has 0 N–H and O–H groups in total. The van der Waals surface area contributed by atoms with Crippen LogP contribution in [0.1, 0.15) is 18.2 Å². The number of aryl methyl sites for hydroxylation is 1. The maximum absolute atomic E-state index is 6.10. The second-order valence-electron chi connectivity index (χ2n) is 3.41. The Labute approximate surface area is 93.9 Å². The van der Waals surface area contributed by atoms with Crippen molar-refractivity contribution in [1.82, 2.24) is 5.16 Å². The van der Waals surface area contributed by atoms with Gasteiger partial charge in [-0.3, -0.25) is 0 Å². The summed E-state index contributed by atoms with van der Waals surface area (Å²) in [5, 5.41) is 4.76. The van der Waals surface area contributed by atoms with Crippen molar-refractivity contribution < 1.29 is 4.52 Å². The summed E-state index contributed by atoms with van der Waals surface area (Å²) >= 11 is 6.10. The summed E-state index contributed by atoms with van der Waals surface area (Å²) in [6, 6.07) is 7.66. The van der Waals surface area contributed by atoms with Crippen molar-refractivity contribution >= 4 is 11.6 Å². The number of hydrogen-bond donors (Lipinski definition) is 0. The Morgan fingerprint density at radius 1 is 1.33 bits per heavy atom. The van der Waals surface area contributed by atoms with E-state index < -0.39 is 0 Å². The number of benzene rings is 1. The molecule has 0 aliphatic heterocycles. The highest BCUT2D eigenvalue weighted by Crippen LogP contribution is 2.30. The molecule has 0 fully saturated rings. The molecule has 0 aliphatic carbocycles. The molecule has 0 bridgehead atoms. The highest BCUT2D eigenvalue weighted by atomic mass is 35.5. The van der Waals surface area contributed by atoms with Gasteiger partial charge in [-0.05, 0) is 13.0 Å². The fourth-order valence-electron chi connectivity index (χ4n) is 1.60. The van der Waals surface area contributed by atoms with Crippen LogP contribution >= 0.6 is 11.6 Å². The largest absolute Gasteiger partial charge is 0.361 e. The van der Waals surface area contributed by atoms with Gasteiger partial charge in [-0.2, -0.15) is 0 Å². The average Bonchev–Trinajstić information content (AvgIpc) is 2.60. The van der Waals surface area contributed by atoms with Gasteiger partial charge >= 0.3 is 0 Å². The van der Waals surface area contributed by atoms with Gasteiger partial charge in [0.25, 0.3) is 0 Å². The van der Waals surface area contributed by atoms with Gasteiger partial charge in [0.05, 0.1) is 5.02 Å². The van der Waals surface area contributed by atoms with Crippen molar-refractivity contribution in [3.05, 3.63) is 40.6 Å². The van der Waals surface area contributed by atoms with Crippen molar-refractivity contribution in [3.63, 3.8) is 0 Å². The minimum atomic E-state index is 0.705. The third kappa shape index (κ3) is 1.77. The van der Waals surface area contributed by atoms with Gasteiger partial charge in [0.15, 0.2) is 0 Å². The van der Waals surface area contributed by atoms with Gasteiger partial charge in [0, 0.05) is 17.5 Å². The van der Waals surface area contributed by atoms with E-state index in [1.165, 1.54) is 0 Å². The van der Waals surface area contributed by atoms with E-state index >= 15 is 0 Å². The van der Waals surface area contributed by atoms with E-state index in [1.807, 2.05) is 38.1 Å². The molecule has 1 aromatic heterocycles. The molecule has 0 unspecified atom stereocenters. The van der Waals surface area contributed by atoms with Crippen LogP contribution in [0.4, 0.5) is 0 Å². The van der Waals surface area contributed by atoms with E-state index in [1.54, 1.807) is 0 Å². The third-order valence-corrected chi connectivity index (χ3v) is 2.80. The molecule has 0 radical (unpaired) electrons. The smallest absolute Gasteiger partial charge is 0.140 e. The number of aromatic nitrogens is 1. The second kappa shape index (κ2) is 4.07. The minimum absolute atomic E-state index is 0.705. The van der Waals surface area contributed by atoms with E-state index in [9.17, 15) is 0 Å². The van der Waals surface area contributed by atoms with Crippen LogP contribution in [0.25, 0.3) is 11.3 Å². The molecule has 0 spiro atoms. The first-order valence-electron chi connectivity index (χ1n) is 4.94. The molecule has 0 aliphatic rings. The molecule has 1 aromatic carbocycles. The molecular formula is C12H12ClNO. The Kier molecular flexibility index (Phi) is 2.78. The van der Waals surface area contributed by atoms with Crippen molar-refractivity contribution in [2.75, 3.05) is 0 Å². The maximum Gasteiger partial charge on any atom is 0.140 e. The molecule has 0 saturated heterocycles. The first-order valence-corrected chi connectivity index (χ1v) is 5.32. The van der Waals surface area contributed by atoms with Crippen LogP contribution in [0.5, 0.6) is 0 Å². The maximum atomic E-state index is 6.10. The Hall–Kier alpha value is -1.28. The van der Waals surface area contributed by atoms with Crippen LogP contribution < -0.4 is 0 Å². The van der Waals surface area contributed by atoms with Crippen molar-refractivity contribution in [2.45, 2.75) is 20.3 Å². The zero-order valence-corrected chi connectivity index (χ0v) is 9.51. The predicted molar refractivity (Wildman–Crippen MR) is 61.1 cm³/mol. The first kappa shape index (κ1) is 10.2. The summed E-state index contributed by atoms with van der Waals surface area (Å²) in [6.07, 6.45) is 0.850. The number of nitrogens with zero attached hydrogens (tertiary/aromatic N) is 1. The topological polar surface area (TPSA) is 26.0 Å². The molecule has 78 valence electrons. The summed E-state index contributed by atoms with van der Waals surface area (Å²) in [5.74, 6) is 0.921. The van der Waals surface area contributed by atoms with Crippen LogP contribution in [-0.2, 0) is 6.42 Å². The van der Waals surface area contributed by atoms with Crippen LogP contribution in [0.15, 0.2) is 28.8 Å². The quantitative estimate of drug-likeness (QED) is 0.770.